The van der Waals surface area contributed by atoms with Crippen molar-refractivity contribution < 1.29 is 4.39 Å². The van der Waals surface area contributed by atoms with Crippen molar-refractivity contribution in [3.05, 3.63) is 23.8 Å². The zero-order valence-corrected chi connectivity index (χ0v) is 7.63. The Kier molecular flexibility index (Phi) is 2.40. The molecular formula is C9H13FN2. The Labute approximate surface area is 71.9 Å². The van der Waals surface area contributed by atoms with Crippen LogP contribution in [0.3, 0.4) is 0 Å². The summed E-state index contributed by atoms with van der Waals surface area (Å²) in [6.45, 7) is 5.62. The molecule has 0 atom stereocenters. The van der Waals surface area contributed by atoms with E-state index in [9.17, 15) is 4.39 Å². The Morgan fingerprint density at radius 2 is 1.75 bits per heavy atom. The van der Waals surface area contributed by atoms with E-state index in [1.807, 2.05) is 0 Å². The van der Waals surface area contributed by atoms with Gasteiger partial charge in [-0.1, -0.05) is 20.8 Å². The van der Waals surface area contributed by atoms with Crippen molar-refractivity contribution in [2.75, 3.05) is 0 Å². The zero-order valence-electron chi connectivity index (χ0n) is 7.63. The topological polar surface area (TPSA) is 25.8 Å². The summed E-state index contributed by atoms with van der Waals surface area (Å²) < 4.78 is 12.0. The highest BCUT2D eigenvalue weighted by atomic mass is 19.1. The quantitative estimate of drug-likeness (QED) is 0.642. The lowest BCUT2D eigenvalue weighted by Crippen LogP contribution is -2.12. The van der Waals surface area contributed by atoms with Gasteiger partial charge in [0.2, 0.25) is 0 Å². The number of nitrogens with zero attached hydrogens (tertiary/aromatic N) is 2. The number of halogens is 1. The van der Waals surface area contributed by atoms with Crippen LogP contribution in [0.5, 0.6) is 0 Å². The average Bonchev–Trinajstić information content (AvgIpc) is 2.03. The predicted molar refractivity (Wildman–Crippen MR) is 45.5 cm³/mol. The van der Waals surface area contributed by atoms with E-state index < -0.39 is 6.67 Å². The molecule has 0 aliphatic heterocycles. The Balaban J connectivity index is 2.93. The molecule has 0 saturated heterocycles. The van der Waals surface area contributed by atoms with Crippen molar-refractivity contribution in [3.63, 3.8) is 0 Å². The molecule has 0 amide bonds. The molecular weight excluding hydrogens is 155 g/mol. The summed E-state index contributed by atoms with van der Waals surface area (Å²) in [6, 6.07) is 0. The lowest BCUT2D eigenvalue weighted by molar-refractivity contribution is 0.463. The summed E-state index contributed by atoms with van der Waals surface area (Å²) in [5, 5.41) is 0. The maximum absolute atomic E-state index is 12.0. The third-order valence-corrected chi connectivity index (χ3v) is 1.69. The maximum atomic E-state index is 12.0. The van der Waals surface area contributed by atoms with Crippen LogP contribution in [-0.2, 0) is 12.1 Å². The summed E-state index contributed by atoms with van der Waals surface area (Å²) in [7, 11) is 0. The molecule has 0 aromatic carbocycles. The molecule has 0 N–H and O–H groups in total. The van der Waals surface area contributed by atoms with Crippen LogP contribution in [0.15, 0.2) is 12.4 Å². The summed E-state index contributed by atoms with van der Waals surface area (Å²) in [6.07, 6.45) is 3.36. The molecule has 0 fully saturated rings. The van der Waals surface area contributed by atoms with Gasteiger partial charge in [-0.15, -0.1) is 0 Å². The van der Waals surface area contributed by atoms with Gasteiger partial charge in [0.1, 0.15) is 6.67 Å². The monoisotopic (exact) mass is 168 g/mol. The maximum Gasteiger partial charge on any atom is 0.159 e. The van der Waals surface area contributed by atoms with Crippen molar-refractivity contribution in [3.8, 4) is 0 Å². The molecule has 0 aliphatic carbocycles. The molecule has 1 rings (SSSR count). The fraction of sp³-hybridized carbons (Fsp3) is 0.556. The van der Waals surface area contributed by atoms with Gasteiger partial charge in [0.25, 0.3) is 0 Å². The average molecular weight is 168 g/mol. The molecule has 0 radical (unpaired) electrons. The fourth-order valence-corrected chi connectivity index (χ4v) is 0.811. The molecule has 0 unspecified atom stereocenters. The molecule has 2 nitrogen and oxygen atoms in total. The van der Waals surface area contributed by atoms with Crippen molar-refractivity contribution in [1.82, 2.24) is 9.97 Å². The molecule has 1 aromatic rings. The van der Waals surface area contributed by atoms with E-state index in [1.165, 1.54) is 0 Å². The van der Waals surface area contributed by atoms with Crippen LogP contribution < -0.4 is 0 Å². The lowest BCUT2D eigenvalue weighted by Gasteiger charge is -2.17. The largest absolute Gasteiger partial charge is 0.242 e. The summed E-state index contributed by atoms with van der Waals surface area (Å²) in [5.41, 5.74) is 1.06. The van der Waals surface area contributed by atoms with Crippen LogP contribution in [0.1, 0.15) is 32.2 Å². The van der Waals surface area contributed by atoms with Crippen molar-refractivity contribution >= 4 is 0 Å². The Bertz CT molecular complexity index is 248. The minimum atomic E-state index is -0.593. The molecule has 0 bridgehead atoms. The summed E-state index contributed by atoms with van der Waals surface area (Å²) in [4.78, 5) is 7.76. The van der Waals surface area contributed by atoms with Crippen LogP contribution in [0, 0.1) is 0 Å². The van der Waals surface area contributed by atoms with Gasteiger partial charge in [-0.25, -0.2) is 14.4 Å². The molecule has 3 heteroatoms. The van der Waals surface area contributed by atoms with E-state index in [-0.39, 0.29) is 11.2 Å². The van der Waals surface area contributed by atoms with E-state index in [0.717, 1.165) is 5.56 Å². The molecule has 1 aromatic heterocycles. The normalized spacial score (nSPS) is 11.7. The second kappa shape index (κ2) is 3.17. The van der Waals surface area contributed by atoms with E-state index in [2.05, 4.69) is 30.7 Å². The van der Waals surface area contributed by atoms with Gasteiger partial charge in [-0.2, -0.15) is 0 Å². The fourth-order valence-electron chi connectivity index (χ4n) is 0.811. The van der Waals surface area contributed by atoms with Crippen LogP contribution in [0.4, 0.5) is 4.39 Å². The van der Waals surface area contributed by atoms with Gasteiger partial charge < -0.3 is 0 Å². The van der Waals surface area contributed by atoms with Crippen molar-refractivity contribution in [2.45, 2.75) is 32.9 Å². The van der Waals surface area contributed by atoms with Gasteiger partial charge in [-0.3, -0.25) is 0 Å². The third-order valence-electron chi connectivity index (χ3n) is 1.69. The first kappa shape index (κ1) is 9.10. The Morgan fingerprint density at radius 1 is 1.25 bits per heavy atom. The van der Waals surface area contributed by atoms with Gasteiger partial charge in [0.15, 0.2) is 5.82 Å². The van der Waals surface area contributed by atoms with Gasteiger partial charge >= 0.3 is 0 Å². The minimum Gasteiger partial charge on any atom is -0.242 e. The zero-order chi connectivity index (χ0) is 9.19. The highest BCUT2D eigenvalue weighted by molar-refractivity contribution is 5.15. The molecule has 66 valence electrons. The van der Waals surface area contributed by atoms with Crippen molar-refractivity contribution in [1.29, 1.82) is 0 Å². The minimum absolute atomic E-state index is 0.0366. The van der Waals surface area contributed by atoms with E-state index in [4.69, 9.17) is 0 Å². The van der Waals surface area contributed by atoms with Crippen LogP contribution in [-0.4, -0.2) is 9.97 Å². The number of alkyl halides is 1. The number of rotatable bonds is 1. The van der Waals surface area contributed by atoms with Gasteiger partial charge in [0.05, 0.1) is 0 Å². The Morgan fingerprint density at radius 3 is 2.08 bits per heavy atom. The predicted octanol–water partition coefficient (Wildman–Crippen LogP) is 2.24. The van der Waals surface area contributed by atoms with Crippen LogP contribution in [0.25, 0.3) is 0 Å². The van der Waals surface area contributed by atoms with E-state index in [0.29, 0.717) is 0 Å². The third kappa shape index (κ3) is 2.00. The van der Waals surface area contributed by atoms with E-state index in [1.54, 1.807) is 12.4 Å². The molecule has 0 spiro atoms. The Hall–Kier alpha value is -0.990. The number of hydrogen-bond acceptors (Lipinski definition) is 2. The molecule has 0 aliphatic rings. The highest BCUT2D eigenvalue weighted by Crippen LogP contribution is 2.19. The molecule has 12 heavy (non-hydrogen) atoms. The first-order valence-electron chi connectivity index (χ1n) is 3.91. The standard InChI is InChI=1S/C9H13FN2/c1-9(2,3)7-5-11-8(4-10)12-6-7/h5-6H,4H2,1-3H3. The first-order valence-corrected chi connectivity index (χ1v) is 3.91. The number of hydrogen-bond donors (Lipinski definition) is 0. The van der Waals surface area contributed by atoms with E-state index >= 15 is 0 Å². The second-order valence-electron chi connectivity index (χ2n) is 3.77. The van der Waals surface area contributed by atoms with Gasteiger partial charge in [-0.05, 0) is 11.0 Å². The van der Waals surface area contributed by atoms with Crippen LogP contribution in [0.2, 0.25) is 0 Å². The number of aromatic nitrogens is 2. The second-order valence-corrected chi connectivity index (χ2v) is 3.77. The lowest BCUT2D eigenvalue weighted by atomic mass is 9.89. The van der Waals surface area contributed by atoms with Crippen molar-refractivity contribution in [2.24, 2.45) is 0 Å². The first-order chi connectivity index (χ1) is 5.54. The van der Waals surface area contributed by atoms with Gasteiger partial charge in [0, 0.05) is 12.4 Å². The summed E-state index contributed by atoms with van der Waals surface area (Å²) in [5.74, 6) is 0.253. The molecule has 1 heterocycles. The van der Waals surface area contributed by atoms with Crippen LogP contribution >= 0.6 is 0 Å². The highest BCUT2D eigenvalue weighted by Gasteiger charge is 2.13. The smallest absolute Gasteiger partial charge is 0.159 e. The SMILES string of the molecule is CC(C)(C)c1cnc(CF)nc1. The summed E-state index contributed by atoms with van der Waals surface area (Å²) >= 11 is 0. The molecule has 0 saturated carbocycles.